The van der Waals surface area contributed by atoms with Crippen LogP contribution in [-0.4, -0.2) is 25.3 Å². The standard InChI is InChI=1S/C14H16ClFO4/c1-19-11-8(7-9(15)12(20-2)10(11)16)14(13(17)18)5-3-4-6-14/h7H,3-6H2,1-2H3,(H,17,18). The largest absolute Gasteiger partial charge is 0.493 e. The number of carboxylic acids is 1. The maximum atomic E-state index is 14.4. The Morgan fingerprint density at radius 1 is 1.30 bits per heavy atom. The van der Waals surface area contributed by atoms with Gasteiger partial charge in [0.15, 0.2) is 11.5 Å². The Kier molecular flexibility index (Phi) is 4.09. The normalized spacial score (nSPS) is 17.0. The Hall–Kier alpha value is -1.49. The van der Waals surface area contributed by atoms with E-state index in [0.29, 0.717) is 12.8 Å². The predicted molar refractivity (Wildman–Crippen MR) is 72.3 cm³/mol. The lowest BCUT2D eigenvalue weighted by Gasteiger charge is -2.27. The molecule has 4 nitrogen and oxygen atoms in total. The molecule has 110 valence electrons. The van der Waals surface area contributed by atoms with Gasteiger partial charge in [-0.25, -0.2) is 0 Å². The molecule has 1 fully saturated rings. The van der Waals surface area contributed by atoms with Crippen LogP contribution in [-0.2, 0) is 10.2 Å². The maximum Gasteiger partial charge on any atom is 0.314 e. The maximum absolute atomic E-state index is 14.4. The molecule has 0 aliphatic heterocycles. The van der Waals surface area contributed by atoms with Crippen molar-refractivity contribution >= 4 is 17.6 Å². The van der Waals surface area contributed by atoms with Gasteiger partial charge < -0.3 is 14.6 Å². The average Bonchev–Trinajstić information content (AvgIpc) is 2.89. The lowest BCUT2D eigenvalue weighted by Crippen LogP contribution is -2.33. The minimum atomic E-state index is -1.14. The number of carbonyl (C=O) groups is 1. The van der Waals surface area contributed by atoms with Gasteiger partial charge in [0.1, 0.15) is 0 Å². The number of halogens is 2. The second kappa shape index (κ2) is 5.48. The molecule has 0 atom stereocenters. The molecule has 6 heteroatoms. The molecule has 0 bridgehead atoms. The van der Waals surface area contributed by atoms with Gasteiger partial charge >= 0.3 is 5.97 Å². The summed E-state index contributed by atoms with van der Waals surface area (Å²) in [5.41, 5.74) is -0.851. The van der Waals surface area contributed by atoms with E-state index in [2.05, 4.69) is 0 Å². The van der Waals surface area contributed by atoms with Gasteiger partial charge in [-0.05, 0) is 18.9 Å². The van der Waals surface area contributed by atoms with Crippen molar-refractivity contribution in [1.82, 2.24) is 0 Å². The molecule has 1 saturated carbocycles. The van der Waals surface area contributed by atoms with Crippen molar-refractivity contribution in [3.8, 4) is 11.5 Å². The van der Waals surface area contributed by atoms with Gasteiger partial charge in [-0.15, -0.1) is 0 Å². The van der Waals surface area contributed by atoms with Gasteiger partial charge in [-0.3, -0.25) is 4.79 Å². The Morgan fingerprint density at radius 2 is 1.85 bits per heavy atom. The van der Waals surface area contributed by atoms with Crippen LogP contribution in [0.3, 0.4) is 0 Å². The summed E-state index contributed by atoms with van der Waals surface area (Å²) < 4.78 is 24.3. The zero-order valence-corrected chi connectivity index (χ0v) is 12.1. The van der Waals surface area contributed by atoms with Gasteiger partial charge in [0, 0.05) is 5.56 Å². The fraction of sp³-hybridized carbons (Fsp3) is 0.500. The molecule has 1 N–H and O–H groups in total. The number of carboxylic acid groups (broad SMARTS) is 1. The van der Waals surface area contributed by atoms with Crippen LogP contribution in [0, 0.1) is 5.82 Å². The molecule has 1 aliphatic rings. The first kappa shape index (κ1) is 14.9. The van der Waals surface area contributed by atoms with Crippen LogP contribution in [0.4, 0.5) is 4.39 Å². The summed E-state index contributed by atoms with van der Waals surface area (Å²) in [7, 11) is 2.60. The van der Waals surface area contributed by atoms with Crippen molar-refractivity contribution in [2.45, 2.75) is 31.1 Å². The third-order valence-corrected chi connectivity index (χ3v) is 4.20. The number of benzene rings is 1. The molecule has 0 radical (unpaired) electrons. The van der Waals surface area contributed by atoms with Crippen LogP contribution in [0.15, 0.2) is 6.07 Å². The number of hydrogen-bond donors (Lipinski definition) is 1. The fourth-order valence-electron chi connectivity index (χ4n) is 2.90. The molecule has 0 saturated heterocycles. The van der Waals surface area contributed by atoms with Gasteiger partial charge in [-0.2, -0.15) is 4.39 Å². The minimum absolute atomic E-state index is 0.0494. The lowest BCUT2D eigenvalue weighted by atomic mass is 9.78. The molecule has 1 aromatic carbocycles. The Morgan fingerprint density at radius 3 is 2.30 bits per heavy atom. The molecule has 1 aliphatic carbocycles. The summed E-state index contributed by atoms with van der Waals surface area (Å²) >= 11 is 6.00. The average molecular weight is 303 g/mol. The van der Waals surface area contributed by atoms with E-state index in [1.807, 2.05) is 0 Å². The number of ether oxygens (including phenoxy) is 2. The van der Waals surface area contributed by atoms with Crippen molar-refractivity contribution in [3.05, 3.63) is 22.5 Å². The highest BCUT2D eigenvalue weighted by Gasteiger charge is 2.46. The van der Waals surface area contributed by atoms with E-state index in [-0.39, 0.29) is 22.1 Å². The molecule has 0 aromatic heterocycles. The molecule has 1 aromatic rings. The number of methoxy groups -OCH3 is 2. The number of rotatable bonds is 4. The van der Waals surface area contributed by atoms with E-state index >= 15 is 0 Å². The van der Waals surface area contributed by atoms with Crippen LogP contribution in [0.5, 0.6) is 11.5 Å². The Labute approximate surface area is 121 Å². The molecule has 20 heavy (non-hydrogen) atoms. The molecule has 0 unspecified atom stereocenters. The van der Waals surface area contributed by atoms with Crippen LogP contribution >= 0.6 is 11.6 Å². The summed E-state index contributed by atoms with van der Waals surface area (Å²) in [5.74, 6) is -1.97. The summed E-state index contributed by atoms with van der Waals surface area (Å²) in [6.07, 6.45) is 2.45. The van der Waals surface area contributed by atoms with E-state index in [4.69, 9.17) is 21.1 Å². The summed E-state index contributed by atoms with van der Waals surface area (Å²) in [4.78, 5) is 11.7. The third kappa shape index (κ3) is 2.10. The van der Waals surface area contributed by atoms with Crippen molar-refractivity contribution in [1.29, 1.82) is 0 Å². The highest BCUT2D eigenvalue weighted by Crippen LogP contribution is 2.49. The van der Waals surface area contributed by atoms with Crippen LogP contribution < -0.4 is 9.47 Å². The molecule has 2 rings (SSSR count). The molecular weight excluding hydrogens is 287 g/mol. The predicted octanol–water partition coefficient (Wildman–Crippen LogP) is 3.39. The van der Waals surface area contributed by atoms with Gasteiger partial charge in [-0.1, -0.05) is 24.4 Å². The first-order chi connectivity index (χ1) is 9.47. The monoisotopic (exact) mass is 302 g/mol. The summed E-state index contributed by atoms with van der Waals surface area (Å²) in [5, 5.41) is 9.64. The molecular formula is C14H16ClFO4. The lowest BCUT2D eigenvalue weighted by molar-refractivity contribution is -0.143. The first-order valence-electron chi connectivity index (χ1n) is 6.31. The van der Waals surface area contributed by atoms with Crippen molar-refractivity contribution in [2.24, 2.45) is 0 Å². The summed E-state index contributed by atoms with van der Waals surface area (Å²) in [6, 6.07) is 1.45. The van der Waals surface area contributed by atoms with Crippen molar-refractivity contribution in [3.63, 3.8) is 0 Å². The smallest absolute Gasteiger partial charge is 0.314 e. The molecule has 0 amide bonds. The van der Waals surface area contributed by atoms with E-state index in [1.54, 1.807) is 0 Å². The van der Waals surface area contributed by atoms with Crippen molar-refractivity contribution in [2.75, 3.05) is 14.2 Å². The van der Waals surface area contributed by atoms with Crippen LogP contribution in [0.2, 0.25) is 5.02 Å². The first-order valence-corrected chi connectivity index (χ1v) is 6.69. The Bertz CT molecular complexity index is 538. The molecule has 0 spiro atoms. The van der Waals surface area contributed by atoms with E-state index in [0.717, 1.165) is 12.8 Å². The second-order valence-corrected chi connectivity index (χ2v) is 5.29. The van der Waals surface area contributed by atoms with Crippen LogP contribution in [0.1, 0.15) is 31.2 Å². The fourth-order valence-corrected chi connectivity index (χ4v) is 3.17. The SMILES string of the molecule is COc1c(Cl)cc(C2(C(=O)O)CCCC2)c(OC)c1F. The minimum Gasteiger partial charge on any atom is -0.493 e. The summed E-state index contributed by atoms with van der Waals surface area (Å²) in [6.45, 7) is 0. The highest BCUT2D eigenvalue weighted by molar-refractivity contribution is 6.32. The van der Waals surface area contributed by atoms with E-state index < -0.39 is 17.2 Å². The topological polar surface area (TPSA) is 55.8 Å². The Balaban J connectivity index is 2.70. The van der Waals surface area contributed by atoms with E-state index in [9.17, 15) is 14.3 Å². The van der Waals surface area contributed by atoms with E-state index in [1.165, 1.54) is 20.3 Å². The van der Waals surface area contributed by atoms with Gasteiger partial charge in [0.2, 0.25) is 5.82 Å². The second-order valence-electron chi connectivity index (χ2n) is 4.88. The van der Waals surface area contributed by atoms with Gasteiger partial charge in [0.25, 0.3) is 0 Å². The zero-order valence-electron chi connectivity index (χ0n) is 11.3. The third-order valence-electron chi connectivity index (χ3n) is 3.92. The number of aliphatic carboxylic acids is 1. The zero-order chi connectivity index (χ0) is 14.9. The van der Waals surface area contributed by atoms with Gasteiger partial charge in [0.05, 0.1) is 24.7 Å². The quantitative estimate of drug-likeness (QED) is 0.926. The van der Waals surface area contributed by atoms with Crippen LogP contribution in [0.25, 0.3) is 0 Å². The number of hydrogen-bond acceptors (Lipinski definition) is 3. The molecule has 0 heterocycles. The highest BCUT2D eigenvalue weighted by atomic mass is 35.5. The van der Waals surface area contributed by atoms with Crippen molar-refractivity contribution < 1.29 is 23.8 Å².